The Labute approximate surface area is 124 Å². The minimum atomic E-state index is -1.23. The first-order valence-electron chi connectivity index (χ1n) is 7.27. The molecule has 1 saturated carbocycles. The van der Waals surface area contributed by atoms with Gasteiger partial charge in [0.05, 0.1) is 12.2 Å². The number of nitrogens with zero attached hydrogens (tertiary/aromatic N) is 1. The van der Waals surface area contributed by atoms with Crippen molar-refractivity contribution in [3.63, 3.8) is 0 Å². The summed E-state index contributed by atoms with van der Waals surface area (Å²) in [6.45, 7) is 4.22. The Morgan fingerprint density at radius 3 is 2.76 bits per heavy atom. The molecule has 4 nitrogen and oxygen atoms in total. The van der Waals surface area contributed by atoms with Gasteiger partial charge in [-0.2, -0.15) is 0 Å². The van der Waals surface area contributed by atoms with Gasteiger partial charge in [0.25, 0.3) is 0 Å². The first-order valence-corrected chi connectivity index (χ1v) is 7.27. The lowest BCUT2D eigenvalue weighted by molar-refractivity contribution is 0.0692. The van der Waals surface area contributed by atoms with E-state index in [1.54, 1.807) is 13.2 Å². The van der Waals surface area contributed by atoms with Crippen molar-refractivity contribution >= 4 is 5.97 Å². The van der Waals surface area contributed by atoms with Crippen molar-refractivity contribution < 1.29 is 19.0 Å². The molecule has 1 aliphatic carbocycles. The average Bonchev–Trinajstić information content (AvgIpc) is 3.26. The zero-order valence-corrected chi connectivity index (χ0v) is 12.5. The maximum absolute atomic E-state index is 13.8. The van der Waals surface area contributed by atoms with Gasteiger partial charge in [-0.1, -0.05) is 6.07 Å². The molecule has 1 N–H and O–H groups in total. The Hall–Kier alpha value is -1.46. The summed E-state index contributed by atoms with van der Waals surface area (Å²) in [5.41, 5.74) is 0.513. The van der Waals surface area contributed by atoms with Gasteiger partial charge >= 0.3 is 5.97 Å². The Morgan fingerprint density at radius 2 is 2.24 bits per heavy atom. The van der Waals surface area contributed by atoms with Crippen LogP contribution in [0.4, 0.5) is 4.39 Å². The van der Waals surface area contributed by atoms with Crippen LogP contribution in [-0.2, 0) is 11.3 Å². The molecule has 1 fully saturated rings. The molecule has 0 heterocycles. The quantitative estimate of drug-likeness (QED) is 0.801. The molecule has 0 amide bonds. The van der Waals surface area contributed by atoms with Gasteiger partial charge in [-0.05, 0) is 43.4 Å². The number of aromatic carboxylic acids is 1. The lowest BCUT2D eigenvalue weighted by Gasteiger charge is -2.29. The number of carboxylic acids is 1. The van der Waals surface area contributed by atoms with E-state index in [2.05, 4.69) is 11.8 Å². The van der Waals surface area contributed by atoms with Gasteiger partial charge in [0.2, 0.25) is 0 Å². The van der Waals surface area contributed by atoms with E-state index < -0.39 is 11.8 Å². The van der Waals surface area contributed by atoms with Crippen LogP contribution >= 0.6 is 0 Å². The molecule has 1 aliphatic rings. The van der Waals surface area contributed by atoms with Crippen LogP contribution in [-0.4, -0.2) is 42.3 Å². The number of hydrogen-bond donors (Lipinski definition) is 1. The third kappa shape index (κ3) is 4.25. The molecular weight excluding hydrogens is 273 g/mol. The Morgan fingerprint density at radius 1 is 1.52 bits per heavy atom. The van der Waals surface area contributed by atoms with E-state index in [4.69, 9.17) is 9.84 Å². The van der Waals surface area contributed by atoms with Crippen LogP contribution in [0.1, 0.15) is 35.7 Å². The molecule has 0 saturated heterocycles. The monoisotopic (exact) mass is 295 g/mol. The van der Waals surface area contributed by atoms with Gasteiger partial charge in [-0.3, -0.25) is 4.90 Å². The topological polar surface area (TPSA) is 49.8 Å². The van der Waals surface area contributed by atoms with Crippen LogP contribution in [0, 0.1) is 11.7 Å². The van der Waals surface area contributed by atoms with E-state index in [0.29, 0.717) is 25.1 Å². The number of rotatable bonds is 8. The van der Waals surface area contributed by atoms with Crippen molar-refractivity contribution in [2.75, 3.05) is 20.3 Å². The summed E-state index contributed by atoms with van der Waals surface area (Å²) in [5.74, 6) is -1.20. The van der Waals surface area contributed by atoms with E-state index in [1.807, 2.05) is 0 Å². The number of carboxylic acid groups (broad SMARTS) is 1. The highest BCUT2D eigenvalue weighted by Gasteiger charge is 2.31. The maximum Gasteiger partial charge on any atom is 0.338 e. The number of carbonyl (C=O) groups is 1. The maximum atomic E-state index is 13.8. The van der Waals surface area contributed by atoms with Gasteiger partial charge < -0.3 is 9.84 Å². The minimum absolute atomic E-state index is 0.280. The molecule has 21 heavy (non-hydrogen) atoms. The highest BCUT2D eigenvalue weighted by atomic mass is 19.1. The molecule has 116 valence electrons. The second kappa shape index (κ2) is 7.00. The van der Waals surface area contributed by atoms with Crippen molar-refractivity contribution in [2.45, 2.75) is 32.4 Å². The summed E-state index contributed by atoms with van der Waals surface area (Å²) < 4.78 is 18.9. The second-order valence-corrected chi connectivity index (χ2v) is 5.66. The highest BCUT2D eigenvalue weighted by molar-refractivity contribution is 5.87. The Kier molecular flexibility index (Phi) is 5.31. The first kappa shape index (κ1) is 15.9. The molecule has 2 rings (SSSR count). The normalized spacial score (nSPS) is 16.2. The van der Waals surface area contributed by atoms with Crippen molar-refractivity contribution in [1.82, 2.24) is 4.90 Å². The SMILES string of the molecule is COCCN(Cc1ccc(C(=O)O)c(F)c1)C(C)C1CC1. The van der Waals surface area contributed by atoms with E-state index in [9.17, 15) is 9.18 Å². The van der Waals surface area contributed by atoms with Gasteiger partial charge in [-0.15, -0.1) is 0 Å². The third-order valence-electron chi connectivity index (χ3n) is 4.11. The van der Waals surface area contributed by atoms with Crippen LogP contribution in [0.15, 0.2) is 18.2 Å². The lowest BCUT2D eigenvalue weighted by atomic mass is 10.1. The number of halogens is 1. The molecule has 1 unspecified atom stereocenters. The van der Waals surface area contributed by atoms with Crippen LogP contribution in [0.3, 0.4) is 0 Å². The number of methoxy groups -OCH3 is 1. The number of ether oxygens (including phenoxy) is 1. The van der Waals surface area contributed by atoms with Crippen LogP contribution in [0.5, 0.6) is 0 Å². The Balaban J connectivity index is 2.08. The van der Waals surface area contributed by atoms with Crippen LogP contribution in [0.25, 0.3) is 0 Å². The molecule has 0 aromatic heterocycles. The molecule has 0 spiro atoms. The number of benzene rings is 1. The summed E-state index contributed by atoms with van der Waals surface area (Å²) in [4.78, 5) is 13.1. The van der Waals surface area contributed by atoms with Gasteiger partial charge in [-0.25, -0.2) is 9.18 Å². The molecule has 1 aromatic carbocycles. The fourth-order valence-electron chi connectivity index (χ4n) is 2.58. The molecule has 0 radical (unpaired) electrons. The van der Waals surface area contributed by atoms with E-state index in [0.717, 1.165) is 12.1 Å². The highest BCUT2D eigenvalue weighted by Crippen LogP contribution is 2.35. The molecule has 0 aliphatic heterocycles. The lowest BCUT2D eigenvalue weighted by Crippen LogP contribution is -2.36. The molecule has 0 bridgehead atoms. The number of hydrogen-bond acceptors (Lipinski definition) is 3. The first-order chi connectivity index (χ1) is 10.0. The summed E-state index contributed by atoms with van der Waals surface area (Å²) in [5, 5.41) is 8.86. The third-order valence-corrected chi connectivity index (χ3v) is 4.11. The molecule has 1 atom stereocenters. The van der Waals surface area contributed by atoms with Crippen molar-refractivity contribution in [1.29, 1.82) is 0 Å². The predicted octanol–water partition coefficient (Wildman–Crippen LogP) is 2.77. The van der Waals surface area contributed by atoms with Gasteiger partial charge in [0, 0.05) is 26.2 Å². The van der Waals surface area contributed by atoms with Gasteiger partial charge in [0.15, 0.2) is 0 Å². The molecular formula is C16H22FNO3. The second-order valence-electron chi connectivity index (χ2n) is 5.66. The zero-order valence-electron chi connectivity index (χ0n) is 12.5. The fraction of sp³-hybridized carbons (Fsp3) is 0.562. The standard InChI is InChI=1S/C16H22FNO3/c1-11(13-4-5-13)18(7-8-21-2)10-12-3-6-14(16(19)20)15(17)9-12/h3,6,9,11,13H,4-5,7-8,10H2,1-2H3,(H,19,20). The van der Waals surface area contributed by atoms with E-state index >= 15 is 0 Å². The van der Waals surface area contributed by atoms with Crippen LogP contribution < -0.4 is 0 Å². The van der Waals surface area contributed by atoms with Gasteiger partial charge in [0.1, 0.15) is 5.82 Å². The summed E-state index contributed by atoms with van der Waals surface area (Å²) in [7, 11) is 1.67. The van der Waals surface area contributed by atoms with Crippen LogP contribution in [0.2, 0.25) is 0 Å². The summed E-state index contributed by atoms with van der Waals surface area (Å²) >= 11 is 0. The van der Waals surface area contributed by atoms with Crippen molar-refractivity contribution in [2.24, 2.45) is 5.92 Å². The van der Waals surface area contributed by atoms with Crippen molar-refractivity contribution in [3.8, 4) is 0 Å². The summed E-state index contributed by atoms with van der Waals surface area (Å²) in [6, 6.07) is 4.78. The largest absolute Gasteiger partial charge is 0.478 e. The smallest absolute Gasteiger partial charge is 0.338 e. The zero-order chi connectivity index (χ0) is 15.4. The average molecular weight is 295 g/mol. The summed E-state index contributed by atoms with van der Waals surface area (Å²) in [6.07, 6.45) is 2.49. The Bertz CT molecular complexity index is 502. The fourth-order valence-corrected chi connectivity index (χ4v) is 2.58. The van der Waals surface area contributed by atoms with E-state index in [-0.39, 0.29) is 5.56 Å². The molecule has 5 heteroatoms. The predicted molar refractivity (Wildman–Crippen MR) is 77.8 cm³/mol. The molecule has 1 aromatic rings. The van der Waals surface area contributed by atoms with Crippen molar-refractivity contribution in [3.05, 3.63) is 35.1 Å². The minimum Gasteiger partial charge on any atom is -0.478 e. The van der Waals surface area contributed by atoms with E-state index in [1.165, 1.54) is 25.0 Å².